The number of hydrogen-bond acceptors (Lipinski definition) is 7. The average Bonchev–Trinajstić information content (AvgIpc) is 3.44. The first-order valence-electron chi connectivity index (χ1n) is 10.8. The summed E-state index contributed by atoms with van der Waals surface area (Å²) in [5.74, 6) is -4.35. The van der Waals surface area contributed by atoms with E-state index in [2.05, 4.69) is 25.4 Å². The van der Waals surface area contributed by atoms with Gasteiger partial charge in [0.25, 0.3) is 5.92 Å². The number of aliphatic hydroxyl groups excluding tert-OH is 1. The van der Waals surface area contributed by atoms with E-state index in [1.54, 1.807) is 13.8 Å². The highest BCUT2D eigenvalue weighted by Crippen LogP contribution is 2.36. The van der Waals surface area contributed by atoms with Crippen LogP contribution in [0.2, 0.25) is 0 Å². The van der Waals surface area contributed by atoms with Gasteiger partial charge in [-0.25, -0.2) is 4.39 Å². The zero-order valence-electron chi connectivity index (χ0n) is 18.2. The Labute approximate surface area is 188 Å². The fourth-order valence-electron chi connectivity index (χ4n) is 4.66. The molecule has 33 heavy (non-hydrogen) atoms. The molecule has 2 aliphatic rings. The summed E-state index contributed by atoms with van der Waals surface area (Å²) in [6.07, 6.45) is 3.03. The molecule has 5 rings (SSSR count). The van der Waals surface area contributed by atoms with E-state index in [-0.39, 0.29) is 11.7 Å². The van der Waals surface area contributed by atoms with Crippen LogP contribution >= 0.6 is 0 Å². The lowest BCUT2D eigenvalue weighted by Gasteiger charge is -2.29. The second-order valence-corrected chi connectivity index (χ2v) is 8.66. The minimum atomic E-state index is -3.67. The number of aliphatic hydroxyl groups is 1. The van der Waals surface area contributed by atoms with E-state index in [1.165, 1.54) is 12.1 Å². The summed E-state index contributed by atoms with van der Waals surface area (Å²) in [6.45, 7) is 3.47. The maximum absolute atomic E-state index is 14.9. The number of fused-ring (bicyclic) bond motifs is 3. The van der Waals surface area contributed by atoms with Crippen LogP contribution in [-0.4, -0.2) is 52.2 Å². The average molecular weight is 459 g/mol. The van der Waals surface area contributed by atoms with Gasteiger partial charge in [-0.15, -0.1) is 5.10 Å². The summed E-state index contributed by atoms with van der Waals surface area (Å²) in [7, 11) is 0. The number of aryl methyl sites for hydroxylation is 1. The van der Waals surface area contributed by atoms with Crippen LogP contribution in [0.1, 0.15) is 36.2 Å². The van der Waals surface area contributed by atoms with Gasteiger partial charge >= 0.3 is 0 Å². The minimum absolute atomic E-state index is 0.0364. The van der Waals surface area contributed by atoms with E-state index in [1.807, 2.05) is 12.3 Å². The monoisotopic (exact) mass is 459 g/mol. The number of halogens is 3. The first kappa shape index (κ1) is 21.8. The molecular formula is C23H24F3N5O2. The largest absolute Gasteiger partial charge is 0.390 e. The highest BCUT2D eigenvalue weighted by Gasteiger charge is 2.39. The maximum Gasteiger partial charge on any atom is 0.298 e. The predicted octanol–water partition coefficient (Wildman–Crippen LogP) is 3.71. The van der Waals surface area contributed by atoms with Crippen LogP contribution in [0.25, 0.3) is 10.9 Å². The molecule has 0 spiro atoms. The molecule has 2 aromatic heterocycles. The Bertz CT molecular complexity index is 1210. The Morgan fingerprint density at radius 3 is 2.85 bits per heavy atom. The number of anilines is 2. The Kier molecular flexibility index (Phi) is 5.37. The zero-order valence-corrected chi connectivity index (χ0v) is 18.2. The third kappa shape index (κ3) is 3.76. The number of ether oxygens (including phenoxy) is 1. The number of nitrogens with one attached hydrogen (secondary N) is 1. The number of rotatable bonds is 6. The molecular weight excluding hydrogens is 435 g/mol. The molecule has 10 heteroatoms. The molecule has 7 nitrogen and oxygen atoms in total. The molecule has 2 unspecified atom stereocenters. The molecule has 3 aromatic rings. The van der Waals surface area contributed by atoms with Crippen molar-refractivity contribution in [1.29, 1.82) is 0 Å². The first-order chi connectivity index (χ1) is 15.8. The second kappa shape index (κ2) is 8.11. The fraction of sp³-hybridized carbons (Fsp3) is 0.435. The Balaban J connectivity index is 1.50. The van der Waals surface area contributed by atoms with Crippen LogP contribution in [0.15, 0.2) is 30.5 Å². The van der Waals surface area contributed by atoms with Gasteiger partial charge in [-0.05, 0) is 32.4 Å². The molecule has 2 N–H and O–H groups in total. The van der Waals surface area contributed by atoms with Crippen LogP contribution in [0.4, 0.5) is 24.7 Å². The minimum Gasteiger partial charge on any atom is -0.390 e. The van der Waals surface area contributed by atoms with Gasteiger partial charge in [-0.3, -0.25) is 4.98 Å². The molecule has 0 amide bonds. The smallest absolute Gasteiger partial charge is 0.298 e. The topological polar surface area (TPSA) is 83.4 Å². The van der Waals surface area contributed by atoms with Crippen molar-refractivity contribution in [2.45, 2.75) is 44.4 Å². The summed E-state index contributed by atoms with van der Waals surface area (Å²) in [5.41, 5.74) is 1.44. The number of morpholine rings is 1. The van der Waals surface area contributed by atoms with Gasteiger partial charge in [0.1, 0.15) is 12.4 Å². The van der Waals surface area contributed by atoms with E-state index >= 15 is 0 Å². The van der Waals surface area contributed by atoms with Crippen LogP contribution in [0.5, 0.6) is 0 Å². The number of nitrogens with zero attached hydrogens (tertiary/aromatic N) is 4. The molecule has 4 heterocycles. The van der Waals surface area contributed by atoms with Crippen molar-refractivity contribution in [2.24, 2.45) is 0 Å². The summed E-state index contributed by atoms with van der Waals surface area (Å²) in [6, 6.07) is 5.35. The summed E-state index contributed by atoms with van der Waals surface area (Å²) in [4.78, 5) is 6.87. The highest BCUT2D eigenvalue weighted by atomic mass is 19.3. The highest BCUT2D eigenvalue weighted by molar-refractivity contribution is 5.92. The van der Waals surface area contributed by atoms with Gasteiger partial charge in [0.2, 0.25) is 0 Å². The summed E-state index contributed by atoms with van der Waals surface area (Å²) >= 11 is 0. The zero-order chi connectivity index (χ0) is 23.3. The predicted molar refractivity (Wildman–Crippen MR) is 117 cm³/mol. The lowest BCUT2D eigenvalue weighted by atomic mass is 10.00. The third-order valence-corrected chi connectivity index (χ3v) is 6.44. The Morgan fingerprint density at radius 2 is 2.15 bits per heavy atom. The van der Waals surface area contributed by atoms with E-state index in [9.17, 15) is 13.2 Å². The standard InChI is InChI=1S/C23H24F3N5O2/c1-12(17-4-3-5-19(20(17)24)23(25,26)11-32)28-22-18-7-14(8-27-21(18)13(2)29-30-22)31-9-16-6-15(31)10-33-16/h3-5,7-8,12,15-16,32H,6,9-11H2,1-2H3,(H,28,30)/t12-,15?,16?/m1/s1. The van der Waals surface area contributed by atoms with E-state index in [0.29, 0.717) is 35.1 Å². The van der Waals surface area contributed by atoms with Gasteiger partial charge in [-0.2, -0.15) is 13.9 Å². The number of pyridine rings is 1. The van der Waals surface area contributed by atoms with Gasteiger partial charge < -0.3 is 20.1 Å². The summed E-state index contributed by atoms with van der Waals surface area (Å²) < 4.78 is 48.6. The van der Waals surface area contributed by atoms with Gasteiger partial charge in [0.05, 0.1) is 53.5 Å². The van der Waals surface area contributed by atoms with Gasteiger partial charge in [0, 0.05) is 17.5 Å². The number of benzene rings is 1. The quantitative estimate of drug-likeness (QED) is 0.582. The van der Waals surface area contributed by atoms with Gasteiger partial charge in [-0.1, -0.05) is 12.1 Å². The van der Waals surface area contributed by atoms with Crippen LogP contribution in [0, 0.1) is 12.7 Å². The molecule has 2 saturated heterocycles. The van der Waals surface area contributed by atoms with Crippen molar-refractivity contribution in [3.05, 3.63) is 53.1 Å². The van der Waals surface area contributed by atoms with Crippen LogP contribution in [-0.2, 0) is 10.7 Å². The van der Waals surface area contributed by atoms with Crippen molar-refractivity contribution in [2.75, 3.05) is 30.0 Å². The SMILES string of the molecule is Cc1nnc(N[C@H](C)c2cccc(C(F)(F)CO)c2F)c2cc(N3CC4CC3CO4)cnc12. The van der Waals surface area contributed by atoms with Gasteiger partial charge in [0.15, 0.2) is 5.82 Å². The third-order valence-electron chi connectivity index (χ3n) is 6.44. The Hall–Kier alpha value is -2.98. The Morgan fingerprint density at radius 1 is 1.33 bits per heavy atom. The first-order valence-corrected chi connectivity index (χ1v) is 10.8. The number of hydrogen-bond donors (Lipinski definition) is 2. The number of aromatic nitrogens is 3. The molecule has 174 valence electrons. The van der Waals surface area contributed by atoms with E-state index in [4.69, 9.17) is 9.84 Å². The maximum atomic E-state index is 14.9. The lowest BCUT2D eigenvalue weighted by Crippen LogP contribution is -2.36. The molecule has 0 aliphatic carbocycles. The van der Waals surface area contributed by atoms with E-state index in [0.717, 1.165) is 24.7 Å². The molecule has 3 atom stereocenters. The molecule has 2 fully saturated rings. The molecule has 1 aromatic carbocycles. The van der Waals surface area contributed by atoms with E-state index < -0.39 is 30.0 Å². The van der Waals surface area contributed by atoms with Crippen molar-refractivity contribution < 1.29 is 23.0 Å². The van der Waals surface area contributed by atoms with Crippen LogP contribution < -0.4 is 10.2 Å². The molecule has 2 aliphatic heterocycles. The normalized spacial score (nSPS) is 21.1. The molecule has 0 radical (unpaired) electrons. The van der Waals surface area contributed by atoms with Crippen molar-refractivity contribution >= 4 is 22.4 Å². The van der Waals surface area contributed by atoms with Crippen molar-refractivity contribution in [3.63, 3.8) is 0 Å². The molecule has 2 bridgehead atoms. The second-order valence-electron chi connectivity index (χ2n) is 8.66. The lowest BCUT2D eigenvalue weighted by molar-refractivity contribution is -0.0583. The summed E-state index contributed by atoms with van der Waals surface area (Å²) in [5, 5.41) is 21.2. The van der Waals surface area contributed by atoms with Crippen molar-refractivity contribution in [1.82, 2.24) is 15.2 Å². The van der Waals surface area contributed by atoms with Crippen LogP contribution in [0.3, 0.4) is 0 Å². The fourth-order valence-corrected chi connectivity index (χ4v) is 4.66. The number of alkyl halides is 2. The molecule has 0 saturated carbocycles. The van der Waals surface area contributed by atoms with Crippen molar-refractivity contribution in [3.8, 4) is 0 Å².